The fourth-order valence-corrected chi connectivity index (χ4v) is 2.96. The van der Waals surface area contributed by atoms with E-state index < -0.39 is 17.5 Å². The van der Waals surface area contributed by atoms with Crippen molar-refractivity contribution < 1.29 is 13.2 Å². The number of benzene rings is 1. The summed E-state index contributed by atoms with van der Waals surface area (Å²) in [7, 11) is 0. The van der Waals surface area contributed by atoms with Gasteiger partial charge < -0.3 is 5.32 Å². The van der Waals surface area contributed by atoms with Crippen molar-refractivity contribution in [1.29, 1.82) is 0 Å². The van der Waals surface area contributed by atoms with Crippen LogP contribution in [0, 0.1) is 24.4 Å². The van der Waals surface area contributed by atoms with Crippen LogP contribution in [0.5, 0.6) is 0 Å². The molecule has 1 aliphatic carbocycles. The molecule has 0 saturated heterocycles. The van der Waals surface area contributed by atoms with Crippen molar-refractivity contribution in [3.05, 3.63) is 40.2 Å². The number of nitrogens with zero attached hydrogens (tertiary/aromatic N) is 1. The van der Waals surface area contributed by atoms with Crippen LogP contribution < -0.4 is 5.32 Å². The Balaban J connectivity index is 1.90. The van der Waals surface area contributed by atoms with E-state index in [1.807, 2.05) is 6.92 Å². The first-order valence-electron chi connectivity index (χ1n) is 6.40. The highest BCUT2D eigenvalue weighted by molar-refractivity contribution is 7.15. The maximum absolute atomic E-state index is 13.7. The van der Waals surface area contributed by atoms with Gasteiger partial charge in [0.1, 0.15) is 5.01 Å². The van der Waals surface area contributed by atoms with Gasteiger partial charge in [-0.3, -0.25) is 0 Å². The third kappa shape index (κ3) is 2.58. The molecule has 0 spiro atoms. The Hall–Kier alpha value is -1.40. The molecule has 0 unspecified atom stereocenters. The summed E-state index contributed by atoms with van der Waals surface area (Å²) in [6.45, 7) is 2.52. The highest BCUT2D eigenvalue weighted by atomic mass is 32.1. The second kappa shape index (κ2) is 5.18. The summed E-state index contributed by atoms with van der Waals surface area (Å²) in [5.74, 6) is -3.82. The highest BCUT2D eigenvalue weighted by Crippen LogP contribution is 2.32. The number of rotatable bonds is 4. The Morgan fingerprint density at radius 1 is 1.25 bits per heavy atom. The summed E-state index contributed by atoms with van der Waals surface area (Å²) >= 11 is 1.31. The van der Waals surface area contributed by atoms with Crippen LogP contribution >= 0.6 is 11.3 Å². The number of aryl methyl sites for hydroxylation is 1. The number of hydrogen-bond acceptors (Lipinski definition) is 3. The number of aromatic nitrogens is 1. The van der Waals surface area contributed by atoms with Gasteiger partial charge in [0.25, 0.3) is 0 Å². The number of hydrogen-bond donors (Lipinski definition) is 1. The van der Waals surface area contributed by atoms with Crippen molar-refractivity contribution in [2.24, 2.45) is 0 Å². The molecule has 0 bridgehead atoms. The fraction of sp³-hybridized carbons (Fsp3) is 0.357. The fourth-order valence-electron chi connectivity index (χ4n) is 1.92. The Morgan fingerprint density at radius 3 is 2.70 bits per heavy atom. The molecule has 1 saturated carbocycles. The molecule has 106 valence electrons. The van der Waals surface area contributed by atoms with Crippen molar-refractivity contribution in [1.82, 2.24) is 10.3 Å². The molecule has 1 aromatic carbocycles. The largest absolute Gasteiger partial charge is 0.309 e. The first kappa shape index (κ1) is 13.6. The molecule has 2 aromatic rings. The molecule has 3 rings (SSSR count). The minimum Gasteiger partial charge on any atom is -0.309 e. The van der Waals surface area contributed by atoms with Crippen molar-refractivity contribution in [2.45, 2.75) is 32.4 Å². The van der Waals surface area contributed by atoms with Crippen LogP contribution in [0.4, 0.5) is 13.2 Å². The average Bonchev–Trinajstić information content (AvgIpc) is 3.18. The van der Waals surface area contributed by atoms with Crippen LogP contribution in [0.15, 0.2) is 12.1 Å². The lowest BCUT2D eigenvalue weighted by atomic mass is 10.2. The molecule has 20 heavy (non-hydrogen) atoms. The van der Waals surface area contributed by atoms with Crippen LogP contribution in [-0.2, 0) is 6.54 Å². The molecule has 1 N–H and O–H groups in total. The Labute approximate surface area is 118 Å². The maximum Gasteiger partial charge on any atom is 0.195 e. The van der Waals surface area contributed by atoms with E-state index in [0.717, 1.165) is 16.6 Å². The Kier molecular flexibility index (Phi) is 3.52. The lowest BCUT2D eigenvalue weighted by Crippen LogP contribution is -2.14. The smallest absolute Gasteiger partial charge is 0.195 e. The molecule has 6 heteroatoms. The third-order valence-electron chi connectivity index (χ3n) is 3.29. The summed E-state index contributed by atoms with van der Waals surface area (Å²) < 4.78 is 39.9. The van der Waals surface area contributed by atoms with E-state index in [4.69, 9.17) is 0 Å². The summed E-state index contributed by atoms with van der Waals surface area (Å²) in [6.07, 6.45) is 2.37. The van der Waals surface area contributed by atoms with Gasteiger partial charge in [0, 0.05) is 23.0 Å². The summed E-state index contributed by atoms with van der Waals surface area (Å²) in [5.41, 5.74) is 0.803. The SMILES string of the molecule is Cc1nc(-c2ccc(F)c(F)c2F)sc1CNC1CC1. The summed E-state index contributed by atoms with van der Waals surface area (Å²) in [4.78, 5) is 5.26. The Morgan fingerprint density at radius 2 is 2.00 bits per heavy atom. The van der Waals surface area contributed by atoms with Crippen LogP contribution in [-0.4, -0.2) is 11.0 Å². The molecule has 0 radical (unpaired) electrons. The molecule has 0 amide bonds. The van der Waals surface area contributed by atoms with E-state index in [1.54, 1.807) is 0 Å². The Bertz CT molecular complexity index is 650. The predicted octanol–water partition coefficient (Wildman–Crippen LogP) is 3.79. The molecule has 1 aliphatic rings. The van der Waals surface area contributed by atoms with E-state index in [9.17, 15) is 13.2 Å². The normalized spacial score (nSPS) is 14.8. The lowest BCUT2D eigenvalue weighted by molar-refractivity contribution is 0.449. The van der Waals surface area contributed by atoms with Crippen molar-refractivity contribution in [2.75, 3.05) is 0 Å². The van der Waals surface area contributed by atoms with Gasteiger partial charge in [-0.1, -0.05) is 0 Å². The van der Waals surface area contributed by atoms with E-state index >= 15 is 0 Å². The van der Waals surface area contributed by atoms with E-state index in [0.29, 0.717) is 17.6 Å². The first-order chi connectivity index (χ1) is 9.56. The van der Waals surface area contributed by atoms with Crippen LogP contribution in [0.25, 0.3) is 10.6 Å². The van der Waals surface area contributed by atoms with Gasteiger partial charge in [-0.05, 0) is 31.9 Å². The van der Waals surface area contributed by atoms with Crippen molar-refractivity contribution >= 4 is 11.3 Å². The molecule has 0 aliphatic heterocycles. The zero-order valence-corrected chi connectivity index (χ0v) is 11.7. The summed E-state index contributed by atoms with van der Waals surface area (Å²) in [6, 6.07) is 2.72. The van der Waals surface area contributed by atoms with Gasteiger partial charge in [-0.2, -0.15) is 0 Å². The van der Waals surface area contributed by atoms with Gasteiger partial charge in [0.15, 0.2) is 17.5 Å². The molecular weight excluding hydrogens is 285 g/mol. The standard InChI is InChI=1S/C14H13F3N2S/c1-7-11(6-18-8-2-3-8)20-14(19-7)9-4-5-10(15)13(17)12(9)16/h4-5,8,18H,2-3,6H2,1H3. The zero-order valence-electron chi connectivity index (χ0n) is 10.8. The van der Waals surface area contributed by atoms with E-state index in [-0.39, 0.29) is 5.56 Å². The third-order valence-corrected chi connectivity index (χ3v) is 4.48. The van der Waals surface area contributed by atoms with Gasteiger partial charge in [0.05, 0.1) is 5.69 Å². The average molecular weight is 298 g/mol. The molecular formula is C14H13F3N2S. The molecule has 1 aromatic heterocycles. The van der Waals surface area contributed by atoms with Gasteiger partial charge in [-0.15, -0.1) is 11.3 Å². The number of halogens is 3. The van der Waals surface area contributed by atoms with E-state index in [2.05, 4.69) is 10.3 Å². The monoisotopic (exact) mass is 298 g/mol. The quantitative estimate of drug-likeness (QED) is 0.869. The van der Waals surface area contributed by atoms with Gasteiger partial charge >= 0.3 is 0 Å². The predicted molar refractivity (Wildman–Crippen MR) is 72.0 cm³/mol. The lowest BCUT2D eigenvalue weighted by Gasteiger charge is -2.01. The molecule has 0 atom stereocenters. The maximum atomic E-state index is 13.7. The topological polar surface area (TPSA) is 24.9 Å². The zero-order chi connectivity index (χ0) is 14.3. The minimum absolute atomic E-state index is 0.00896. The highest BCUT2D eigenvalue weighted by Gasteiger charge is 2.22. The first-order valence-corrected chi connectivity index (χ1v) is 7.21. The second-order valence-electron chi connectivity index (χ2n) is 4.91. The molecule has 1 fully saturated rings. The number of nitrogens with one attached hydrogen (secondary N) is 1. The van der Waals surface area contributed by atoms with Crippen molar-refractivity contribution in [3.8, 4) is 10.6 Å². The summed E-state index contributed by atoms with van der Waals surface area (Å²) in [5, 5.41) is 3.74. The molecule has 2 nitrogen and oxygen atoms in total. The van der Waals surface area contributed by atoms with Crippen molar-refractivity contribution in [3.63, 3.8) is 0 Å². The van der Waals surface area contributed by atoms with E-state index in [1.165, 1.54) is 30.2 Å². The number of thiazole rings is 1. The van der Waals surface area contributed by atoms with Crippen LogP contribution in [0.3, 0.4) is 0 Å². The molecule has 1 heterocycles. The second-order valence-corrected chi connectivity index (χ2v) is 5.99. The van der Waals surface area contributed by atoms with Crippen LogP contribution in [0.1, 0.15) is 23.4 Å². The van der Waals surface area contributed by atoms with Gasteiger partial charge in [-0.25, -0.2) is 18.2 Å². The van der Waals surface area contributed by atoms with Gasteiger partial charge in [0.2, 0.25) is 0 Å². The minimum atomic E-state index is -1.45. The van der Waals surface area contributed by atoms with Crippen LogP contribution in [0.2, 0.25) is 0 Å².